The molecule has 0 aliphatic heterocycles. The largest absolute Gasteiger partial charge is 0.312 e. The summed E-state index contributed by atoms with van der Waals surface area (Å²) in [6, 6.07) is 0. The molecular formula is C6H3IN4OS2. The fraction of sp³-hybridized carbons (Fsp3) is 0. The third kappa shape index (κ3) is 2.12. The van der Waals surface area contributed by atoms with E-state index in [4.69, 9.17) is 0 Å². The lowest BCUT2D eigenvalue weighted by atomic mass is 10.7. The van der Waals surface area contributed by atoms with E-state index in [0.717, 1.165) is 4.34 Å². The Morgan fingerprint density at radius 1 is 1.57 bits per heavy atom. The van der Waals surface area contributed by atoms with Crippen molar-refractivity contribution in [1.29, 1.82) is 0 Å². The number of nitrogens with zero attached hydrogens (tertiary/aromatic N) is 3. The molecule has 2 aromatic heterocycles. The minimum atomic E-state index is -0.132. The summed E-state index contributed by atoms with van der Waals surface area (Å²) in [5, 5.41) is 8.22. The zero-order valence-corrected chi connectivity index (χ0v) is 10.4. The normalized spacial score (nSPS) is 10.4. The molecule has 0 radical (unpaired) electrons. The minimum Gasteiger partial charge on any atom is -0.312 e. The lowest BCUT2D eigenvalue weighted by molar-refractivity contribution is 0.973. The van der Waals surface area contributed by atoms with Gasteiger partial charge in [0.05, 0.1) is 6.33 Å². The SMILES string of the molecule is O=c1[nH]cnc(Sc2nncs2)c1I. The van der Waals surface area contributed by atoms with Gasteiger partial charge in [-0.3, -0.25) is 4.79 Å². The van der Waals surface area contributed by atoms with Gasteiger partial charge in [-0.2, -0.15) is 0 Å². The number of aromatic nitrogens is 4. The van der Waals surface area contributed by atoms with Gasteiger partial charge in [0, 0.05) is 0 Å². The average Bonchev–Trinajstić information content (AvgIpc) is 2.66. The van der Waals surface area contributed by atoms with E-state index < -0.39 is 0 Å². The fourth-order valence-corrected chi connectivity index (χ4v) is 2.73. The maximum absolute atomic E-state index is 11.2. The second kappa shape index (κ2) is 4.36. The summed E-state index contributed by atoms with van der Waals surface area (Å²) >= 11 is 4.72. The third-order valence-electron chi connectivity index (χ3n) is 1.29. The van der Waals surface area contributed by atoms with Gasteiger partial charge in [-0.05, 0) is 34.4 Å². The highest BCUT2D eigenvalue weighted by molar-refractivity contribution is 14.1. The van der Waals surface area contributed by atoms with E-state index in [0.29, 0.717) is 8.60 Å². The molecule has 2 rings (SSSR count). The third-order valence-corrected chi connectivity index (χ3v) is 4.44. The fourth-order valence-electron chi connectivity index (χ4n) is 0.728. The van der Waals surface area contributed by atoms with E-state index in [1.807, 2.05) is 22.6 Å². The Morgan fingerprint density at radius 3 is 3.14 bits per heavy atom. The Bertz CT molecular complexity index is 483. The van der Waals surface area contributed by atoms with Crippen molar-refractivity contribution in [2.45, 2.75) is 9.37 Å². The lowest BCUT2D eigenvalue weighted by Gasteiger charge is -1.96. The van der Waals surface area contributed by atoms with E-state index >= 15 is 0 Å². The van der Waals surface area contributed by atoms with Crippen molar-refractivity contribution < 1.29 is 0 Å². The van der Waals surface area contributed by atoms with Crippen LogP contribution in [0.5, 0.6) is 0 Å². The van der Waals surface area contributed by atoms with Gasteiger partial charge in [0.25, 0.3) is 5.56 Å². The van der Waals surface area contributed by atoms with Crippen molar-refractivity contribution in [2.24, 2.45) is 0 Å². The summed E-state index contributed by atoms with van der Waals surface area (Å²) in [7, 11) is 0. The molecule has 0 spiro atoms. The molecule has 0 atom stereocenters. The monoisotopic (exact) mass is 338 g/mol. The quantitative estimate of drug-likeness (QED) is 0.662. The molecule has 14 heavy (non-hydrogen) atoms. The molecule has 0 saturated heterocycles. The van der Waals surface area contributed by atoms with Crippen LogP contribution in [0.25, 0.3) is 0 Å². The van der Waals surface area contributed by atoms with Crippen molar-refractivity contribution in [3.05, 3.63) is 25.8 Å². The first-order valence-electron chi connectivity index (χ1n) is 3.44. The average molecular weight is 338 g/mol. The van der Waals surface area contributed by atoms with Gasteiger partial charge >= 0.3 is 0 Å². The predicted octanol–water partition coefficient (Wildman–Crippen LogP) is 1.38. The highest BCUT2D eigenvalue weighted by Gasteiger charge is 2.08. The summed E-state index contributed by atoms with van der Waals surface area (Å²) in [6.45, 7) is 0. The van der Waals surface area contributed by atoms with E-state index in [-0.39, 0.29) is 5.56 Å². The number of H-pyrrole nitrogens is 1. The van der Waals surface area contributed by atoms with Gasteiger partial charge in [-0.1, -0.05) is 11.3 Å². The van der Waals surface area contributed by atoms with Crippen LogP contribution in [-0.4, -0.2) is 20.2 Å². The van der Waals surface area contributed by atoms with Crippen molar-refractivity contribution in [1.82, 2.24) is 20.2 Å². The molecule has 1 N–H and O–H groups in total. The van der Waals surface area contributed by atoms with Crippen LogP contribution < -0.4 is 5.56 Å². The number of rotatable bonds is 2. The Balaban J connectivity index is 2.34. The first-order chi connectivity index (χ1) is 6.77. The summed E-state index contributed by atoms with van der Waals surface area (Å²) in [4.78, 5) is 17.8. The smallest absolute Gasteiger partial charge is 0.265 e. The van der Waals surface area contributed by atoms with Gasteiger partial charge in [0.1, 0.15) is 14.1 Å². The molecule has 0 aromatic carbocycles. The molecule has 0 fully saturated rings. The number of nitrogens with one attached hydrogen (secondary N) is 1. The summed E-state index contributed by atoms with van der Waals surface area (Å²) < 4.78 is 1.35. The maximum atomic E-state index is 11.2. The predicted molar refractivity (Wildman–Crippen MR) is 61.6 cm³/mol. The minimum absolute atomic E-state index is 0.132. The zero-order valence-electron chi connectivity index (χ0n) is 6.60. The van der Waals surface area contributed by atoms with Gasteiger partial charge in [0.2, 0.25) is 0 Å². The summed E-state index contributed by atoms with van der Waals surface area (Å²) in [6.07, 6.45) is 1.38. The number of hydrogen-bond donors (Lipinski definition) is 1. The highest BCUT2D eigenvalue weighted by atomic mass is 127. The Morgan fingerprint density at radius 2 is 2.43 bits per heavy atom. The van der Waals surface area contributed by atoms with Gasteiger partial charge < -0.3 is 4.98 Å². The van der Waals surface area contributed by atoms with E-state index in [9.17, 15) is 4.79 Å². The molecule has 0 saturated carbocycles. The van der Waals surface area contributed by atoms with Crippen LogP contribution >= 0.6 is 45.7 Å². The molecule has 2 aromatic rings. The topological polar surface area (TPSA) is 71.5 Å². The van der Waals surface area contributed by atoms with Crippen molar-refractivity contribution in [3.8, 4) is 0 Å². The number of hydrogen-bond acceptors (Lipinski definition) is 6. The van der Waals surface area contributed by atoms with Gasteiger partial charge in [0.15, 0.2) is 4.34 Å². The first-order valence-corrected chi connectivity index (χ1v) is 6.22. The van der Waals surface area contributed by atoms with E-state index in [1.165, 1.54) is 29.4 Å². The van der Waals surface area contributed by atoms with Crippen LogP contribution in [0.4, 0.5) is 0 Å². The summed E-state index contributed by atoms with van der Waals surface area (Å²) in [5.74, 6) is 0. The molecule has 8 heteroatoms. The molecular weight excluding hydrogens is 335 g/mol. The van der Waals surface area contributed by atoms with Gasteiger partial charge in [-0.25, -0.2) is 4.98 Å². The van der Waals surface area contributed by atoms with Crippen LogP contribution in [0.2, 0.25) is 0 Å². The van der Waals surface area contributed by atoms with Crippen molar-refractivity contribution in [3.63, 3.8) is 0 Å². The van der Waals surface area contributed by atoms with Crippen molar-refractivity contribution in [2.75, 3.05) is 0 Å². The molecule has 2 heterocycles. The van der Waals surface area contributed by atoms with Crippen LogP contribution in [-0.2, 0) is 0 Å². The molecule has 5 nitrogen and oxygen atoms in total. The Labute approximate surface area is 101 Å². The standard InChI is InChI=1S/C6H3IN4OS2/c7-3-4(12)8-1-9-5(3)14-6-11-10-2-13-6/h1-2H,(H,8,9,12). The highest BCUT2D eigenvalue weighted by Crippen LogP contribution is 2.28. The second-order valence-electron chi connectivity index (χ2n) is 2.16. The Hall–Kier alpha value is -0.480. The first kappa shape index (κ1) is 10.1. The molecule has 0 unspecified atom stereocenters. The zero-order chi connectivity index (χ0) is 9.97. The van der Waals surface area contributed by atoms with Crippen LogP contribution in [0.15, 0.2) is 26.0 Å². The van der Waals surface area contributed by atoms with Crippen LogP contribution in [0.3, 0.4) is 0 Å². The lowest BCUT2D eigenvalue weighted by Crippen LogP contribution is -2.10. The van der Waals surface area contributed by atoms with Crippen molar-refractivity contribution >= 4 is 45.7 Å². The molecule has 0 aliphatic carbocycles. The molecule has 0 amide bonds. The summed E-state index contributed by atoms with van der Waals surface area (Å²) in [5.41, 5.74) is 1.51. The van der Waals surface area contributed by atoms with Gasteiger partial charge in [-0.15, -0.1) is 10.2 Å². The number of halogens is 1. The van der Waals surface area contributed by atoms with E-state index in [1.54, 1.807) is 5.51 Å². The number of aromatic amines is 1. The maximum Gasteiger partial charge on any atom is 0.265 e. The van der Waals surface area contributed by atoms with E-state index in [2.05, 4.69) is 20.2 Å². The molecule has 0 aliphatic rings. The second-order valence-corrected chi connectivity index (χ2v) is 5.31. The molecule has 72 valence electrons. The van der Waals surface area contributed by atoms with Crippen LogP contribution in [0, 0.1) is 3.57 Å². The molecule has 0 bridgehead atoms. The van der Waals surface area contributed by atoms with Crippen LogP contribution in [0.1, 0.15) is 0 Å². The Kier molecular flexibility index (Phi) is 3.13.